The first-order valence-electron chi connectivity index (χ1n) is 14.0. The first-order chi connectivity index (χ1) is 20.4. The van der Waals surface area contributed by atoms with Gasteiger partial charge in [-0.15, -0.1) is 0 Å². The van der Waals surface area contributed by atoms with E-state index in [1.807, 2.05) is 27.7 Å². The fraction of sp³-hybridized carbons (Fsp3) is 0.375. The number of nitrogens with one attached hydrogen (secondary N) is 1. The number of rotatable bonds is 14. The lowest BCUT2D eigenvalue weighted by molar-refractivity contribution is -0.140. The standard InChI is InChI=1S/C32H40ClN3O6S/c1-7-28(32(38)34-19-22(2)3)35(20-24-10-13-26(41-5)14-11-24)31(37)21-36(29-18-25(33)12-17-30(29)42-6)43(39,40)27-15-8-23(4)9-16-27/h8-18,22,28H,7,19-21H2,1-6H3,(H,34,38)/t28-/m0/s1. The number of carbonyl (C=O) groups is 2. The van der Waals surface area contributed by atoms with Gasteiger partial charge in [0.25, 0.3) is 10.0 Å². The molecule has 11 heteroatoms. The maximum absolute atomic E-state index is 14.3. The molecule has 3 aromatic carbocycles. The maximum Gasteiger partial charge on any atom is 0.264 e. The van der Waals surface area contributed by atoms with Crippen molar-refractivity contribution in [2.24, 2.45) is 5.92 Å². The van der Waals surface area contributed by atoms with E-state index < -0.39 is 28.5 Å². The molecule has 9 nitrogen and oxygen atoms in total. The molecule has 0 radical (unpaired) electrons. The highest BCUT2D eigenvalue weighted by Gasteiger charge is 2.35. The molecule has 3 aromatic rings. The number of halogens is 1. The topological polar surface area (TPSA) is 105 Å². The van der Waals surface area contributed by atoms with Gasteiger partial charge in [0.15, 0.2) is 0 Å². The summed E-state index contributed by atoms with van der Waals surface area (Å²) < 4.78 is 40.0. The third-order valence-electron chi connectivity index (χ3n) is 6.88. The average Bonchev–Trinajstić information content (AvgIpc) is 2.99. The quantitative estimate of drug-likeness (QED) is 0.255. The van der Waals surface area contributed by atoms with Gasteiger partial charge in [-0.2, -0.15) is 0 Å². The number of carbonyl (C=O) groups excluding carboxylic acids is 2. The van der Waals surface area contributed by atoms with Crippen molar-refractivity contribution in [1.29, 1.82) is 0 Å². The predicted octanol–water partition coefficient (Wildman–Crippen LogP) is 5.44. The molecule has 0 aliphatic carbocycles. The van der Waals surface area contributed by atoms with Gasteiger partial charge in [0, 0.05) is 18.1 Å². The number of aryl methyl sites for hydroxylation is 1. The van der Waals surface area contributed by atoms with E-state index in [2.05, 4.69) is 5.32 Å². The molecule has 0 spiro atoms. The second kappa shape index (κ2) is 15.1. The van der Waals surface area contributed by atoms with E-state index in [1.165, 1.54) is 30.2 Å². The molecule has 0 saturated carbocycles. The summed E-state index contributed by atoms with van der Waals surface area (Å²) in [5.74, 6) is 0.187. The van der Waals surface area contributed by atoms with Crippen LogP contribution in [0.1, 0.15) is 38.3 Å². The summed E-state index contributed by atoms with van der Waals surface area (Å²) in [7, 11) is -1.30. The lowest BCUT2D eigenvalue weighted by atomic mass is 10.1. The molecule has 0 aliphatic rings. The van der Waals surface area contributed by atoms with Crippen molar-refractivity contribution in [3.63, 3.8) is 0 Å². The van der Waals surface area contributed by atoms with Crippen LogP contribution >= 0.6 is 11.6 Å². The van der Waals surface area contributed by atoms with Gasteiger partial charge in [0.2, 0.25) is 11.8 Å². The first-order valence-corrected chi connectivity index (χ1v) is 15.9. The molecule has 0 bridgehead atoms. The normalized spacial score (nSPS) is 12.0. The molecule has 43 heavy (non-hydrogen) atoms. The fourth-order valence-electron chi connectivity index (χ4n) is 4.48. The van der Waals surface area contributed by atoms with Gasteiger partial charge in [-0.1, -0.05) is 62.2 Å². The van der Waals surface area contributed by atoms with Crippen molar-refractivity contribution >= 4 is 39.1 Å². The summed E-state index contributed by atoms with van der Waals surface area (Å²) in [6.45, 7) is 7.53. The largest absolute Gasteiger partial charge is 0.497 e. The second-order valence-corrected chi connectivity index (χ2v) is 12.9. The van der Waals surface area contributed by atoms with Crippen LogP contribution in [0, 0.1) is 12.8 Å². The van der Waals surface area contributed by atoms with Gasteiger partial charge in [0.1, 0.15) is 24.1 Å². The van der Waals surface area contributed by atoms with E-state index >= 15 is 0 Å². The predicted molar refractivity (Wildman–Crippen MR) is 169 cm³/mol. The zero-order valence-corrected chi connectivity index (χ0v) is 27.0. The molecule has 0 aliphatic heterocycles. The Bertz CT molecular complexity index is 1490. The Hall–Kier alpha value is -3.76. The Morgan fingerprint density at radius 1 is 0.953 bits per heavy atom. The van der Waals surface area contributed by atoms with E-state index in [-0.39, 0.29) is 39.7 Å². The summed E-state index contributed by atoms with van der Waals surface area (Å²) in [5, 5.41) is 3.19. The number of benzene rings is 3. The lowest BCUT2D eigenvalue weighted by Crippen LogP contribution is -2.52. The van der Waals surface area contributed by atoms with Gasteiger partial charge >= 0.3 is 0 Å². The minimum atomic E-state index is -4.27. The van der Waals surface area contributed by atoms with Crippen LogP contribution in [0.25, 0.3) is 0 Å². The SMILES string of the molecule is CC[C@@H](C(=O)NCC(C)C)N(Cc1ccc(OC)cc1)C(=O)CN(c1cc(Cl)ccc1OC)S(=O)(=O)c1ccc(C)cc1. The Kier molecular flexibility index (Phi) is 11.9. The molecule has 2 amide bonds. The van der Waals surface area contributed by atoms with Crippen molar-refractivity contribution in [3.05, 3.63) is 82.9 Å². The first kappa shape index (κ1) is 33.7. The number of sulfonamides is 1. The van der Waals surface area contributed by atoms with E-state index in [1.54, 1.807) is 55.6 Å². The van der Waals surface area contributed by atoms with E-state index in [9.17, 15) is 18.0 Å². The number of ether oxygens (including phenoxy) is 2. The molecule has 0 heterocycles. The highest BCUT2D eigenvalue weighted by Crippen LogP contribution is 2.35. The van der Waals surface area contributed by atoms with E-state index in [0.29, 0.717) is 18.7 Å². The van der Waals surface area contributed by atoms with Crippen LogP contribution in [-0.2, 0) is 26.2 Å². The zero-order valence-electron chi connectivity index (χ0n) is 25.5. The number of methoxy groups -OCH3 is 2. The van der Waals surface area contributed by atoms with Crippen LogP contribution < -0.4 is 19.1 Å². The number of hydrogen-bond donors (Lipinski definition) is 1. The number of nitrogens with zero attached hydrogens (tertiary/aromatic N) is 2. The summed E-state index contributed by atoms with van der Waals surface area (Å²) in [4.78, 5) is 29.0. The molecule has 232 valence electrons. The maximum atomic E-state index is 14.3. The van der Waals surface area contributed by atoms with Gasteiger partial charge in [0.05, 0.1) is 24.8 Å². The van der Waals surface area contributed by atoms with Crippen LogP contribution in [0.3, 0.4) is 0 Å². The molecule has 1 N–H and O–H groups in total. The number of amides is 2. The minimum Gasteiger partial charge on any atom is -0.497 e. The summed E-state index contributed by atoms with van der Waals surface area (Å²) in [5.41, 5.74) is 1.73. The van der Waals surface area contributed by atoms with Crippen molar-refractivity contribution in [3.8, 4) is 11.5 Å². The highest BCUT2D eigenvalue weighted by atomic mass is 35.5. The zero-order chi connectivity index (χ0) is 31.7. The van der Waals surface area contributed by atoms with Crippen LogP contribution in [0.5, 0.6) is 11.5 Å². The average molecular weight is 630 g/mol. The summed E-state index contributed by atoms with van der Waals surface area (Å²) in [6.07, 6.45) is 0.316. The van der Waals surface area contributed by atoms with Gasteiger partial charge in [-0.05, 0) is 67.3 Å². The number of anilines is 1. The molecule has 0 aromatic heterocycles. The Morgan fingerprint density at radius 3 is 2.16 bits per heavy atom. The van der Waals surface area contributed by atoms with Crippen molar-refractivity contribution in [2.75, 3.05) is 31.6 Å². The van der Waals surface area contributed by atoms with Crippen molar-refractivity contribution < 1.29 is 27.5 Å². The summed E-state index contributed by atoms with van der Waals surface area (Å²) in [6, 6.07) is 17.2. The number of hydrogen-bond acceptors (Lipinski definition) is 6. The third-order valence-corrected chi connectivity index (χ3v) is 8.89. The fourth-order valence-corrected chi connectivity index (χ4v) is 6.06. The van der Waals surface area contributed by atoms with Gasteiger partial charge in [-0.25, -0.2) is 8.42 Å². The monoisotopic (exact) mass is 629 g/mol. The Labute approximate surface area is 259 Å². The molecule has 0 fully saturated rings. The molecule has 0 saturated heterocycles. The van der Waals surface area contributed by atoms with Crippen LogP contribution in [0.4, 0.5) is 5.69 Å². The minimum absolute atomic E-state index is 0.00338. The van der Waals surface area contributed by atoms with Crippen molar-refractivity contribution in [1.82, 2.24) is 10.2 Å². The Balaban J connectivity index is 2.11. The van der Waals surface area contributed by atoms with Crippen molar-refractivity contribution in [2.45, 2.75) is 51.6 Å². The smallest absolute Gasteiger partial charge is 0.264 e. The third kappa shape index (κ3) is 8.64. The molecule has 1 atom stereocenters. The lowest BCUT2D eigenvalue weighted by Gasteiger charge is -2.33. The molecule has 0 unspecified atom stereocenters. The van der Waals surface area contributed by atoms with Crippen LogP contribution in [0.15, 0.2) is 71.6 Å². The van der Waals surface area contributed by atoms with Gasteiger partial charge < -0.3 is 19.7 Å². The van der Waals surface area contributed by atoms with Crippen LogP contribution in [-0.4, -0.2) is 58.5 Å². The molecular weight excluding hydrogens is 590 g/mol. The van der Waals surface area contributed by atoms with E-state index in [0.717, 1.165) is 15.4 Å². The highest BCUT2D eigenvalue weighted by molar-refractivity contribution is 7.92. The van der Waals surface area contributed by atoms with E-state index in [4.69, 9.17) is 21.1 Å². The van der Waals surface area contributed by atoms with Crippen LogP contribution in [0.2, 0.25) is 5.02 Å². The summed E-state index contributed by atoms with van der Waals surface area (Å²) >= 11 is 6.31. The molecular formula is C32H40ClN3O6S. The molecule has 3 rings (SSSR count). The second-order valence-electron chi connectivity index (χ2n) is 10.6. The Morgan fingerprint density at radius 2 is 1.60 bits per heavy atom. The van der Waals surface area contributed by atoms with Gasteiger partial charge in [-0.3, -0.25) is 13.9 Å².